The average molecular weight is 346 g/mol. The average Bonchev–Trinajstić information content (AvgIpc) is 2.80. The molecule has 0 saturated heterocycles. The monoisotopic (exact) mass is 346 g/mol. The summed E-state index contributed by atoms with van der Waals surface area (Å²) in [5, 5.41) is 0. The quantitative estimate of drug-likeness (QED) is 0.787. The van der Waals surface area contributed by atoms with Gasteiger partial charge < -0.3 is 4.42 Å². The molecule has 24 heavy (non-hydrogen) atoms. The number of oxazole rings is 1. The molecule has 0 aliphatic rings. The number of sulfonamides is 1. The molecule has 0 spiro atoms. The second-order valence-corrected chi connectivity index (χ2v) is 7.32. The van der Waals surface area contributed by atoms with Crippen molar-refractivity contribution in [3.8, 4) is 0 Å². The van der Waals surface area contributed by atoms with Crippen molar-refractivity contribution in [3.63, 3.8) is 0 Å². The maximum absolute atomic E-state index is 12.8. The van der Waals surface area contributed by atoms with E-state index >= 15 is 0 Å². The van der Waals surface area contributed by atoms with E-state index < -0.39 is 15.8 Å². The van der Waals surface area contributed by atoms with Crippen LogP contribution in [0.4, 0.5) is 5.69 Å². The molecule has 3 rings (SSSR count). The van der Waals surface area contributed by atoms with Crippen LogP contribution in [0.15, 0.2) is 50.5 Å². The topological polar surface area (TPSA) is 81.3 Å². The van der Waals surface area contributed by atoms with Crippen LogP contribution >= 0.6 is 0 Å². The van der Waals surface area contributed by atoms with Crippen molar-refractivity contribution in [1.82, 2.24) is 4.57 Å². The number of rotatable bonds is 4. The predicted molar refractivity (Wildman–Crippen MR) is 92.8 cm³/mol. The highest BCUT2D eigenvalue weighted by molar-refractivity contribution is 7.92. The Morgan fingerprint density at radius 3 is 2.67 bits per heavy atom. The Morgan fingerprint density at radius 2 is 1.96 bits per heavy atom. The van der Waals surface area contributed by atoms with Crippen LogP contribution in [0.3, 0.4) is 0 Å². The van der Waals surface area contributed by atoms with Crippen LogP contribution in [0, 0.1) is 6.92 Å². The number of aryl methyl sites for hydroxylation is 3. The molecular formula is C17H18N2O4S. The lowest BCUT2D eigenvalue weighted by Gasteiger charge is -2.11. The number of aromatic nitrogens is 1. The zero-order valence-corrected chi connectivity index (χ0v) is 14.5. The fraction of sp³-hybridized carbons (Fsp3) is 0.235. The predicted octanol–water partition coefficient (Wildman–Crippen LogP) is 2.80. The van der Waals surface area contributed by atoms with Crippen molar-refractivity contribution in [1.29, 1.82) is 0 Å². The Labute approximate surface area is 139 Å². The summed E-state index contributed by atoms with van der Waals surface area (Å²) in [6.45, 7) is 3.68. The summed E-state index contributed by atoms with van der Waals surface area (Å²) in [4.78, 5) is 11.7. The summed E-state index contributed by atoms with van der Waals surface area (Å²) >= 11 is 0. The van der Waals surface area contributed by atoms with E-state index in [1.54, 1.807) is 25.1 Å². The van der Waals surface area contributed by atoms with Crippen LogP contribution in [0.25, 0.3) is 11.1 Å². The second-order valence-electron chi connectivity index (χ2n) is 5.67. The van der Waals surface area contributed by atoms with Crippen LogP contribution < -0.4 is 10.5 Å². The van der Waals surface area contributed by atoms with Crippen LogP contribution in [0.1, 0.15) is 18.1 Å². The SMILES string of the molecule is CCc1cccc(NS(=O)(=O)c2cc3c(cc2C)oc(=O)n3C)c1. The summed E-state index contributed by atoms with van der Waals surface area (Å²) in [5.41, 5.74) is 2.87. The molecule has 0 atom stereocenters. The van der Waals surface area contributed by atoms with Crippen molar-refractivity contribution in [2.75, 3.05) is 4.72 Å². The van der Waals surface area contributed by atoms with Crippen LogP contribution in [0.2, 0.25) is 0 Å². The molecular weight excluding hydrogens is 328 g/mol. The summed E-state index contributed by atoms with van der Waals surface area (Å²) in [5.74, 6) is -0.525. The van der Waals surface area contributed by atoms with E-state index in [4.69, 9.17) is 4.42 Å². The molecule has 0 aliphatic heterocycles. The molecule has 2 aromatic carbocycles. The molecule has 0 unspecified atom stereocenters. The normalized spacial score (nSPS) is 11.8. The Morgan fingerprint density at radius 1 is 1.21 bits per heavy atom. The first-order valence-corrected chi connectivity index (χ1v) is 9.02. The van der Waals surface area contributed by atoms with Crippen molar-refractivity contribution < 1.29 is 12.8 Å². The minimum absolute atomic E-state index is 0.119. The highest BCUT2D eigenvalue weighted by Crippen LogP contribution is 2.25. The minimum Gasteiger partial charge on any atom is -0.408 e. The smallest absolute Gasteiger partial charge is 0.408 e. The molecule has 1 aromatic heterocycles. The van der Waals surface area contributed by atoms with Gasteiger partial charge in [-0.25, -0.2) is 13.2 Å². The van der Waals surface area contributed by atoms with E-state index in [2.05, 4.69) is 4.72 Å². The summed E-state index contributed by atoms with van der Waals surface area (Å²) in [6.07, 6.45) is 0.817. The maximum atomic E-state index is 12.8. The molecule has 1 heterocycles. The van der Waals surface area contributed by atoms with Gasteiger partial charge in [0.2, 0.25) is 0 Å². The molecule has 1 N–H and O–H groups in total. The number of fused-ring (bicyclic) bond motifs is 1. The molecule has 0 aliphatic carbocycles. The van der Waals surface area contributed by atoms with Gasteiger partial charge in [-0.2, -0.15) is 0 Å². The van der Waals surface area contributed by atoms with E-state index in [1.807, 2.05) is 19.1 Å². The van der Waals surface area contributed by atoms with Gasteiger partial charge in [-0.05, 0) is 48.7 Å². The molecule has 0 amide bonds. The van der Waals surface area contributed by atoms with Crippen molar-refractivity contribution in [2.24, 2.45) is 7.05 Å². The largest absolute Gasteiger partial charge is 0.419 e. The Bertz CT molecular complexity index is 1080. The second kappa shape index (κ2) is 5.83. The number of hydrogen-bond donors (Lipinski definition) is 1. The van der Waals surface area contributed by atoms with Gasteiger partial charge in [0.15, 0.2) is 5.58 Å². The molecule has 0 saturated carbocycles. The number of nitrogens with zero attached hydrogens (tertiary/aromatic N) is 1. The van der Waals surface area contributed by atoms with E-state index in [-0.39, 0.29) is 4.90 Å². The Hall–Kier alpha value is -2.54. The Balaban J connectivity index is 2.08. The number of anilines is 1. The van der Waals surface area contributed by atoms with Gasteiger partial charge in [-0.3, -0.25) is 9.29 Å². The zero-order chi connectivity index (χ0) is 17.5. The first-order chi connectivity index (χ1) is 11.3. The van der Waals surface area contributed by atoms with Gasteiger partial charge in [0.05, 0.1) is 10.4 Å². The first-order valence-electron chi connectivity index (χ1n) is 7.54. The van der Waals surface area contributed by atoms with Crippen molar-refractivity contribution >= 4 is 26.8 Å². The van der Waals surface area contributed by atoms with Gasteiger partial charge in [0.1, 0.15) is 0 Å². The molecule has 126 valence electrons. The van der Waals surface area contributed by atoms with E-state index in [0.717, 1.165) is 12.0 Å². The van der Waals surface area contributed by atoms with Crippen LogP contribution in [-0.2, 0) is 23.5 Å². The van der Waals surface area contributed by atoms with E-state index in [9.17, 15) is 13.2 Å². The standard InChI is InChI=1S/C17H18N2O4S/c1-4-12-6-5-7-13(9-12)18-24(21,22)16-10-14-15(8-11(16)2)23-17(20)19(14)3/h5-10,18H,4H2,1-3H3. The summed E-state index contributed by atoms with van der Waals surface area (Å²) < 4.78 is 34.5. The minimum atomic E-state index is -3.77. The fourth-order valence-electron chi connectivity index (χ4n) is 2.61. The van der Waals surface area contributed by atoms with E-state index in [0.29, 0.717) is 22.4 Å². The lowest BCUT2D eigenvalue weighted by atomic mass is 10.1. The third-order valence-corrected chi connectivity index (χ3v) is 5.49. The zero-order valence-electron chi connectivity index (χ0n) is 13.7. The van der Waals surface area contributed by atoms with Gasteiger partial charge in [0.25, 0.3) is 10.0 Å². The molecule has 6 nitrogen and oxygen atoms in total. The number of benzene rings is 2. The van der Waals surface area contributed by atoms with Gasteiger partial charge in [0, 0.05) is 12.7 Å². The number of nitrogens with one attached hydrogen (secondary N) is 1. The molecule has 0 radical (unpaired) electrons. The highest BCUT2D eigenvalue weighted by atomic mass is 32.2. The maximum Gasteiger partial charge on any atom is 0.419 e. The first kappa shape index (κ1) is 16.3. The van der Waals surface area contributed by atoms with E-state index in [1.165, 1.54) is 17.7 Å². The molecule has 0 bridgehead atoms. The molecule has 3 aromatic rings. The summed E-state index contributed by atoms with van der Waals surface area (Å²) in [6, 6.07) is 10.3. The third kappa shape index (κ3) is 2.82. The van der Waals surface area contributed by atoms with Crippen LogP contribution in [0.5, 0.6) is 0 Å². The lowest BCUT2D eigenvalue weighted by molar-refractivity contribution is 0.528. The van der Waals surface area contributed by atoms with Crippen molar-refractivity contribution in [2.45, 2.75) is 25.2 Å². The highest BCUT2D eigenvalue weighted by Gasteiger charge is 2.20. The van der Waals surface area contributed by atoms with Gasteiger partial charge in [-0.1, -0.05) is 19.1 Å². The van der Waals surface area contributed by atoms with Crippen molar-refractivity contribution in [3.05, 3.63) is 58.1 Å². The molecule has 7 heteroatoms. The fourth-order valence-corrected chi connectivity index (χ4v) is 3.91. The van der Waals surface area contributed by atoms with Gasteiger partial charge >= 0.3 is 5.76 Å². The lowest BCUT2D eigenvalue weighted by Crippen LogP contribution is -2.15. The molecule has 0 fully saturated rings. The Kier molecular flexibility index (Phi) is 3.96. The van der Waals surface area contributed by atoms with Gasteiger partial charge in [-0.15, -0.1) is 0 Å². The number of hydrogen-bond acceptors (Lipinski definition) is 4. The van der Waals surface area contributed by atoms with Crippen LogP contribution in [-0.4, -0.2) is 13.0 Å². The summed E-state index contributed by atoms with van der Waals surface area (Å²) in [7, 11) is -2.24. The third-order valence-electron chi connectivity index (χ3n) is 3.97.